The first-order chi connectivity index (χ1) is 23.5. The summed E-state index contributed by atoms with van der Waals surface area (Å²) in [5, 5.41) is 2.43. The molecule has 0 fully saturated rings. The standard InChI is InChI=1S/C29H18BF10N2O6PS2/c1-29(2)11-7-5-9-13-27(11)47-28-12(29)8-6-10-14(28)49(50(3,43)44,51(4,45)46)42-41-48-30(13,15-17(31)21(35)25(39)22(36)18(15)32)16-19(33)23(37)26(40)24(38)20(16)34/h5-10H,1-4H3/b42-41+. The number of hydrogen-bond acceptors (Lipinski definition) is 8. The lowest BCUT2D eigenvalue weighted by Gasteiger charge is -2.45. The molecule has 2 bridgehead atoms. The zero-order valence-electron chi connectivity index (χ0n) is 25.9. The third kappa shape index (κ3) is 4.62. The highest BCUT2D eigenvalue weighted by Gasteiger charge is 2.67. The highest BCUT2D eigenvalue weighted by atomic mass is 33.1. The van der Waals surface area contributed by atoms with Crippen LogP contribution >= 0.6 is 5.82 Å². The SMILES string of the molecule is CC1(C)c2cccc3c2Oc2c1cccc2[P+](S(C)(=O)=O)(S(C)(=O)=O)/N=N/O[B-]3(c1c(F)c(F)c(F)c(F)c1F)c1c(F)c(F)c(F)c(F)c1F. The van der Waals surface area contributed by atoms with Gasteiger partial charge >= 0.3 is 5.82 Å². The van der Waals surface area contributed by atoms with Crippen molar-refractivity contribution in [3.8, 4) is 11.5 Å². The minimum atomic E-state index is -5.44. The van der Waals surface area contributed by atoms with Crippen LogP contribution < -0.4 is 26.4 Å². The van der Waals surface area contributed by atoms with E-state index in [9.17, 15) is 25.6 Å². The van der Waals surface area contributed by atoms with Crippen LogP contribution in [0.15, 0.2) is 46.6 Å². The Hall–Kier alpha value is -4.23. The Bertz CT molecular complexity index is 2340. The van der Waals surface area contributed by atoms with Gasteiger partial charge in [0.15, 0.2) is 46.0 Å². The predicted octanol–water partition coefficient (Wildman–Crippen LogP) is 5.35. The number of nitrogens with zero attached hydrogens (tertiary/aromatic N) is 2. The summed E-state index contributed by atoms with van der Waals surface area (Å²) in [6.45, 7) is 2.84. The molecule has 4 aromatic carbocycles. The van der Waals surface area contributed by atoms with Crippen molar-refractivity contribution < 1.29 is 70.2 Å². The van der Waals surface area contributed by atoms with Crippen LogP contribution in [0.1, 0.15) is 25.0 Å². The summed E-state index contributed by atoms with van der Waals surface area (Å²) in [5.74, 6) is -35.2. The molecular weight excluding hydrogens is 768 g/mol. The lowest BCUT2D eigenvalue weighted by Crippen LogP contribution is -2.73. The fourth-order valence-corrected chi connectivity index (χ4v) is 18.9. The van der Waals surface area contributed by atoms with E-state index in [-0.39, 0.29) is 11.1 Å². The van der Waals surface area contributed by atoms with Crippen LogP contribution in [0.25, 0.3) is 0 Å². The van der Waals surface area contributed by atoms with E-state index in [1.807, 2.05) is 0 Å². The molecule has 0 N–H and O–H groups in total. The maximum Gasteiger partial charge on any atom is 0.420 e. The van der Waals surface area contributed by atoms with Crippen LogP contribution in [0.2, 0.25) is 0 Å². The van der Waals surface area contributed by atoms with E-state index < -0.39 is 128 Å². The number of ether oxygens (including phenoxy) is 1. The summed E-state index contributed by atoms with van der Waals surface area (Å²) in [5.41, 5.74) is -7.52. The third-order valence-corrected chi connectivity index (χ3v) is 23.8. The van der Waals surface area contributed by atoms with Crippen molar-refractivity contribution in [2.75, 3.05) is 12.5 Å². The molecule has 8 nitrogen and oxygen atoms in total. The molecule has 0 amide bonds. The maximum absolute atomic E-state index is 16.0. The van der Waals surface area contributed by atoms with E-state index in [1.54, 1.807) is 0 Å². The quantitative estimate of drug-likeness (QED) is 0.0908. The zero-order chi connectivity index (χ0) is 38.0. The molecule has 0 atom stereocenters. The van der Waals surface area contributed by atoms with Crippen LogP contribution in [-0.2, 0) is 29.1 Å². The smallest absolute Gasteiger partial charge is 0.420 e. The Morgan fingerprint density at radius 3 is 1.43 bits per heavy atom. The summed E-state index contributed by atoms with van der Waals surface area (Å²) < 4.78 is 218. The topological polar surface area (TPSA) is 111 Å². The first-order valence-corrected chi connectivity index (χ1v) is 20.8. The van der Waals surface area contributed by atoms with Gasteiger partial charge < -0.3 is 9.49 Å². The van der Waals surface area contributed by atoms with Gasteiger partial charge in [0.25, 0.3) is 25.3 Å². The van der Waals surface area contributed by atoms with Crippen LogP contribution in [0.3, 0.4) is 0 Å². The molecule has 0 saturated carbocycles. The molecule has 22 heteroatoms. The van der Waals surface area contributed by atoms with Gasteiger partial charge in [0.2, 0.25) is 0 Å². The Morgan fingerprint density at radius 2 is 1.00 bits per heavy atom. The van der Waals surface area contributed by atoms with Crippen molar-refractivity contribution in [2.45, 2.75) is 19.3 Å². The van der Waals surface area contributed by atoms with Gasteiger partial charge in [0.1, 0.15) is 29.0 Å². The molecule has 2 aliphatic rings. The van der Waals surface area contributed by atoms with Gasteiger partial charge in [0, 0.05) is 26.7 Å². The number of halogens is 10. The van der Waals surface area contributed by atoms with Gasteiger partial charge in [-0.2, -0.15) is 16.8 Å². The molecule has 0 aromatic heterocycles. The Balaban J connectivity index is 1.99. The highest BCUT2D eigenvalue weighted by Crippen LogP contribution is 2.71. The summed E-state index contributed by atoms with van der Waals surface area (Å²) >= 11 is 0. The molecule has 0 saturated heterocycles. The van der Waals surface area contributed by atoms with Gasteiger partial charge in [-0.1, -0.05) is 55.1 Å². The molecule has 6 rings (SSSR count). The van der Waals surface area contributed by atoms with Gasteiger partial charge in [0.05, 0.1) is 12.5 Å². The van der Waals surface area contributed by atoms with Crippen molar-refractivity contribution >= 4 is 52.8 Å². The second kappa shape index (κ2) is 11.4. The van der Waals surface area contributed by atoms with Gasteiger partial charge in [-0.15, -0.1) is 5.46 Å². The molecule has 4 aromatic rings. The van der Waals surface area contributed by atoms with Crippen molar-refractivity contribution in [2.24, 2.45) is 10.2 Å². The fraction of sp³-hybridized carbons (Fsp3) is 0.172. The third-order valence-electron chi connectivity index (χ3n) is 8.89. The molecule has 0 radical (unpaired) electrons. The lowest BCUT2D eigenvalue weighted by molar-refractivity contribution is 0.312. The molecular formula is C29H18BF10N2O6PS2. The summed E-state index contributed by atoms with van der Waals surface area (Å²) in [6.07, 6.45) is -4.65. The number of benzene rings is 4. The fourth-order valence-electron chi connectivity index (χ4n) is 6.57. The van der Waals surface area contributed by atoms with Gasteiger partial charge in [-0.25, -0.2) is 43.9 Å². The van der Waals surface area contributed by atoms with Crippen LogP contribution in [0, 0.1) is 58.2 Å². The summed E-state index contributed by atoms with van der Waals surface area (Å²) in [4.78, 5) is 3.43. The molecule has 270 valence electrons. The Kier molecular flexibility index (Phi) is 8.16. The second-order valence-corrected chi connectivity index (χ2v) is 24.6. The molecule has 0 spiro atoms. The minimum absolute atomic E-state index is 0.0311. The highest BCUT2D eigenvalue weighted by molar-refractivity contribution is 8.90. The molecule has 0 aliphatic carbocycles. The van der Waals surface area contributed by atoms with E-state index in [2.05, 4.69) is 10.2 Å². The van der Waals surface area contributed by atoms with E-state index in [0.717, 1.165) is 12.1 Å². The van der Waals surface area contributed by atoms with E-state index in [0.29, 0.717) is 18.6 Å². The molecule has 51 heavy (non-hydrogen) atoms. The summed E-state index contributed by atoms with van der Waals surface area (Å²) in [7, 11) is -10.2. The zero-order valence-corrected chi connectivity index (χ0v) is 28.5. The minimum Gasteiger partial charge on any atom is -0.584 e. The van der Waals surface area contributed by atoms with E-state index in [1.165, 1.54) is 32.0 Å². The largest absolute Gasteiger partial charge is 0.584 e. The first-order valence-electron chi connectivity index (χ1n) is 14.0. The van der Waals surface area contributed by atoms with E-state index in [4.69, 9.17) is 9.49 Å². The van der Waals surface area contributed by atoms with Crippen molar-refractivity contribution in [3.05, 3.63) is 106 Å². The molecule has 0 unspecified atom stereocenters. The molecule has 2 heterocycles. The molecule has 2 aliphatic heterocycles. The monoisotopic (exact) mass is 786 g/mol. The Morgan fingerprint density at radius 1 is 0.608 bits per heavy atom. The van der Waals surface area contributed by atoms with Gasteiger partial charge in [-0.3, -0.25) is 0 Å². The van der Waals surface area contributed by atoms with Crippen LogP contribution in [0.5, 0.6) is 11.5 Å². The summed E-state index contributed by atoms with van der Waals surface area (Å²) in [6, 6.07) is 6.46. The lowest BCUT2D eigenvalue weighted by atomic mass is 9.27. The van der Waals surface area contributed by atoms with Crippen LogP contribution in [-0.4, -0.2) is 35.7 Å². The average molecular weight is 786 g/mol. The predicted molar refractivity (Wildman–Crippen MR) is 164 cm³/mol. The van der Waals surface area contributed by atoms with Gasteiger partial charge in [-0.05, 0) is 6.07 Å². The number of rotatable bonds is 4. The first kappa shape index (κ1) is 36.6. The normalized spacial score (nSPS) is 17.7. The van der Waals surface area contributed by atoms with E-state index >= 15 is 35.1 Å². The number of para-hydroxylation sites is 2. The van der Waals surface area contributed by atoms with Crippen molar-refractivity contribution in [1.82, 2.24) is 0 Å². The maximum atomic E-state index is 16.0. The second-order valence-electron chi connectivity index (χ2n) is 12.1. The number of hydrogen-bond donors (Lipinski definition) is 0. The average Bonchev–Trinajstić information content (AvgIpc) is 3.05. The van der Waals surface area contributed by atoms with Crippen LogP contribution in [0.4, 0.5) is 43.9 Å². The van der Waals surface area contributed by atoms with Crippen molar-refractivity contribution in [1.29, 1.82) is 0 Å². The van der Waals surface area contributed by atoms with Crippen molar-refractivity contribution in [3.63, 3.8) is 0 Å². The Labute approximate surface area is 281 Å².